The van der Waals surface area contributed by atoms with Crippen LogP contribution in [0.3, 0.4) is 0 Å². The molecule has 1 atom stereocenters. The summed E-state index contributed by atoms with van der Waals surface area (Å²) in [5.41, 5.74) is 5.53. The Morgan fingerprint density at radius 1 is 1.12 bits per heavy atom. The third-order valence-corrected chi connectivity index (χ3v) is 6.26. The highest BCUT2D eigenvalue weighted by atomic mass is 16.5. The van der Waals surface area contributed by atoms with Crippen LogP contribution in [0.5, 0.6) is 0 Å². The van der Waals surface area contributed by atoms with Crippen LogP contribution in [0.4, 0.5) is 5.69 Å². The van der Waals surface area contributed by atoms with Gasteiger partial charge in [0, 0.05) is 17.8 Å². The minimum Gasteiger partial charge on any atom is -0.338 e. The standard InChI is InChI=1S/C26H32N4O2/c1-4-19-8-6-9-20(5-2)24(19)28-26(31)22-10-7-15-30(16-22)17-23-27-25(29-32-23)21-13-11-18(3)12-14-21/h6,8-9,11-14,22H,4-5,7,10,15-17H2,1-3H3,(H,28,31). The summed E-state index contributed by atoms with van der Waals surface area (Å²) in [5.74, 6) is 1.26. The van der Waals surface area contributed by atoms with Crippen LogP contribution in [0, 0.1) is 12.8 Å². The summed E-state index contributed by atoms with van der Waals surface area (Å²) in [6, 6.07) is 14.4. The number of aryl methyl sites for hydroxylation is 3. The first-order valence-corrected chi connectivity index (χ1v) is 11.6. The van der Waals surface area contributed by atoms with Crippen LogP contribution in [0.2, 0.25) is 0 Å². The number of benzene rings is 2. The van der Waals surface area contributed by atoms with Gasteiger partial charge in [-0.15, -0.1) is 0 Å². The Balaban J connectivity index is 1.40. The fourth-order valence-corrected chi connectivity index (χ4v) is 4.37. The van der Waals surface area contributed by atoms with Gasteiger partial charge in [0.15, 0.2) is 0 Å². The van der Waals surface area contributed by atoms with E-state index in [2.05, 4.69) is 59.3 Å². The topological polar surface area (TPSA) is 71.3 Å². The number of likely N-dealkylation sites (tertiary alicyclic amines) is 1. The number of hydrogen-bond acceptors (Lipinski definition) is 5. The molecule has 0 spiro atoms. The highest BCUT2D eigenvalue weighted by Crippen LogP contribution is 2.26. The first-order valence-electron chi connectivity index (χ1n) is 11.6. The van der Waals surface area contributed by atoms with Crippen LogP contribution in [-0.4, -0.2) is 34.0 Å². The lowest BCUT2D eigenvalue weighted by molar-refractivity contribution is -0.121. The number of carbonyl (C=O) groups is 1. The summed E-state index contributed by atoms with van der Waals surface area (Å²) in [4.78, 5) is 19.9. The first-order chi connectivity index (χ1) is 15.6. The van der Waals surface area contributed by atoms with E-state index in [9.17, 15) is 4.79 Å². The molecule has 0 bridgehead atoms. The van der Waals surface area contributed by atoms with Crippen molar-refractivity contribution in [2.75, 3.05) is 18.4 Å². The molecule has 0 saturated carbocycles. The van der Waals surface area contributed by atoms with Gasteiger partial charge in [0.25, 0.3) is 0 Å². The number of amides is 1. The zero-order valence-corrected chi connectivity index (χ0v) is 19.2. The molecule has 6 nitrogen and oxygen atoms in total. The molecule has 1 aliphatic heterocycles. The van der Waals surface area contributed by atoms with Gasteiger partial charge in [-0.25, -0.2) is 0 Å². The van der Waals surface area contributed by atoms with Gasteiger partial charge >= 0.3 is 0 Å². The van der Waals surface area contributed by atoms with Gasteiger partial charge in [-0.3, -0.25) is 9.69 Å². The first kappa shape index (κ1) is 22.2. The van der Waals surface area contributed by atoms with Crippen molar-refractivity contribution in [1.82, 2.24) is 15.0 Å². The van der Waals surface area contributed by atoms with E-state index in [1.807, 2.05) is 24.3 Å². The van der Waals surface area contributed by atoms with Gasteiger partial charge in [0.1, 0.15) is 0 Å². The van der Waals surface area contributed by atoms with E-state index in [0.29, 0.717) is 24.8 Å². The summed E-state index contributed by atoms with van der Waals surface area (Å²) < 4.78 is 5.50. The Labute approximate surface area is 190 Å². The van der Waals surface area contributed by atoms with Crippen molar-refractivity contribution in [2.24, 2.45) is 5.92 Å². The van der Waals surface area contributed by atoms with Gasteiger partial charge in [-0.05, 0) is 50.3 Å². The van der Waals surface area contributed by atoms with Crippen molar-refractivity contribution in [3.63, 3.8) is 0 Å². The number of anilines is 1. The molecule has 1 amide bonds. The number of rotatable bonds is 7. The Morgan fingerprint density at radius 3 is 2.53 bits per heavy atom. The van der Waals surface area contributed by atoms with E-state index < -0.39 is 0 Å². The lowest BCUT2D eigenvalue weighted by Gasteiger charge is -2.31. The average Bonchev–Trinajstić information content (AvgIpc) is 3.28. The van der Waals surface area contributed by atoms with Gasteiger partial charge in [0.2, 0.25) is 17.6 Å². The van der Waals surface area contributed by atoms with Crippen LogP contribution in [0.1, 0.15) is 49.3 Å². The molecule has 4 rings (SSSR count). The summed E-state index contributed by atoms with van der Waals surface area (Å²) in [6.45, 7) is 8.50. The van der Waals surface area contributed by atoms with E-state index in [1.165, 1.54) is 16.7 Å². The number of aromatic nitrogens is 2. The number of para-hydroxylation sites is 1. The van der Waals surface area contributed by atoms with Gasteiger partial charge in [0.05, 0.1) is 12.5 Å². The van der Waals surface area contributed by atoms with Crippen molar-refractivity contribution in [2.45, 2.75) is 53.0 Å². The molecule has 3 aromatic rings. The zero-order chi connectivity index (χ0) is 22.5. The quantitative estimate of drug-likeness (QED) is 0.568. The third-order valence-electron chi connectivity index (χ3n) is 6.26. The molecule has 0 radical (unpaired) electrons. The molecule has 1 fully saturated rings. The largest absolute Gasteiger partial charge is 0.338 e. The van der Waals surface area contributed by atoms with Gasteiger partial charge < -0.3 is 9.84 Å². The smallest absolute Gasteiger partial charge is 0.241 e. The Bertz CT molecular complexity index is 1040. The number of carbonyl (C=O) groups excluding carboxylic acids is 1. The number of nitrogens with zero attached hydrogens (tertiary/aromatic N) is 3. The van der Waals surface area contributed by atoms with E-state index >= 15 is 0 Å². The van der Waals surface area contributed by atoms with E-state index in [0.717, 1.165) is 43.5 Å². The average molecular weight is 433 g/mol. The maximum Gasteiger partial charge on any atom is 0.241 e. The number of nitrogens with one attached hydrogen (secondary N) is 1. The van der Waals surface area contributed by atoms with Crippen LogP contribution in [0.25, 0.3) is 11.4 Å². The predicted octanol–water partition coefficient (Wildman–Crippen LogP) is 5.02. The van der Waals surface area contributed by atoms with Gasteiger partial charge in [-0.1, -0.05) is 67.0 Å². The Morgan fingerprint density at radius 2 is 1.84 bits per heavy atom. The monoisotopic (exact) mass is 432 g/mol. The second-order valence-electron chi connectivity index (χ2n) is 8.60. The minimum absolute atomic E-state index is 0.0436. The fraction of sp³-hybridized carbons (Fsp3) is 0.423. The van der Waals surface area contributed by atoms with Crippen molar-refractivity contribution >= 4 is 11.6 Å². The van der Waals surface area contributed by atoms with Crippen molar-refractivity contribution in [3.05, 3.63) is 65.0 Å². The lowest BCUT2D eigenvalue weighted by Crippen LogP contribution is -2.40. The Hall–Kier alpha value is -2.99. The van der Waals surface area contributed by atoms with Crippen molar-refractivity contribution < 1.29 is 9.32 Å². The molecule has 32 heavy (non-hydrogen) atoms. The fourth-order valence-electron chi connectivity index (χ4n) is 4.37. The molecule has 2 heterocycles. The molecule has 2 aromatic carbocycles. The highest BCUT2D eigenvalue weighted by molar-refractivity contribution is 5.94. The summed E-state index contributed by atoms with van der Waals surface area (Å²) in [6.07, 6.45) is 3.69. The molecule has 168 valence electrons. The van der Waals surface area contributed by atoms with E-state index in [1.54, 1.807) is 0 Å². The molecular weight excluding hydrogens is 400 g/mol. The highest BCUT2D eigenvalue weighted by Gasteiger charge is 2.27. The summed E-state index contributed by atoms with van der Waals surface area (Å²) >= 11 is 0. The molecule has 1 aromatic heterocycles. The second-order valence-corrected chi connectivity index (χ2v) is 8.60. The van der Waals surface area contributed by atoms with Crippen LogP contribution in [0.15, 0.2) is 47.0 Å². The number of hydrogen-bond donors (Lipinski definition) is 1. The third kappa shape index (κ3) is 5.07. The normalized spacial score (nSPS) is 16.8. The van der Waals surface area contributed by atoms with Crippen LogP contribution in [-0.2, 0) is 24.2 Å². The molecule has 6 heteroatoms. The lowest BCUT2D eigenvalue weighted by atomic mass is 9.96. The number of piperidine rings is 1. The molecule has 1 unspecified atom stereocenters. The molecular formula is C26H32N4O2. The van der Waals surface area contributed by atoms with Crippen molar-refractivity contribution in [1.29, 1.82) is 0 Å². The van der Waals surface area contributed by atoms with E-state index in [4.69, 9.17) is 4.52 Å². The maximum atomic E-state index is 13.1. The molecule has 1 saturated heterocycles. The van der Waals surface area contributed by atoms with Crippen LogP contribution < -0.4 is 5.32 Å². The molecule has 1 aliphatic rings. The SMILES string of the molecule is CCc1cccc(CC)c1NC(=O)C1CCCN(Cc2nc(-c3ccc(C)cc3)no2)C1. The van der Waals surface area contributed by atoms with Crippen LogP contribution >= 0.6 is 0 Å². The van der Waals surface area contributed by atoms with Gasteiger partial charge in [-0.2, -0.15) is 4.98 Å². The van der Waals surface area contributed by atoms with Crippen molar-refractivity contribution in [3.8, 4) is 11.4 Å². The predicted molar refractivity (Wildman–Crippen MR) is 126 cm³/mol. The minimum atomic E-state index is -0.0436. The zero-order valence-electron chi connectivity index (χ0n) is 19.2. The van der Waals surface area contributed by atoms with E-state index in [-0.39, 0.29) is 11.8 Å². The molecule has 0 aliphatic carbocycles. The molecule has 1 N–H and O–H groups in total. The summed E-state index contributed by atoms with van der Waals surface area (Å²) in [7, 11) is 0. The Kier molecular flexibility index (Phi) is 7.00. The summed E-state index contributed by atoms with van der Waals surface area (Å²) in [5, 5.41) is 7.39. The second kappa shape index (κ2) is 10.1. The maximum absolute atomic E-state index is 13.1.